The Kier molecular flexibility index (Phi) is 10.9. The second-order valence-corrected chi connectivity index (χ2v) is 6.94. The second-order valence-electron chi connectivity index (χ2n) is 6.94. The Morgan fingerprint density at radius 1 is 0.867 bits per heavy atom. The van der Waals surface area contributed by atoms with Crippen molar-refractivity contribution in [3.63, 3.8) is 0 Å². The van der Waals surface area contributed by atoms with Gasteiger partial charge in [0.05, 0.1) is 19.9 Å². The summed E-state index contributed by atoms with van der Waals surface area (Å²) in [6, 6.07) is 14.6. The molecular weight excluding hydrogens is 380 g/mol. The van der Waals surface area contributed by atoms with E-state index in [9.17, 15) is 4.79 Å². The first-order valence-corrected chi connectivity index (χ1v) is 10.5. The van der Waals surface area contributed by atoms with E-state index >= 15 is 0 Å². The Morgan fingerprint density at radius 3 is 2.13 bits per heavy atom. The van der Waals surface area contributed by atoms with Gasteiger partial charge in [-0.2, -0.15) is 5.10 Å². The van der Waals surface area contributed by atoms with E-state index in [0.717, 1.165) is 30.1 Å². The number of carbonyl (C=O) groups is 1. The number of nitrogens with zero attached hydrogens (tertiary/aromatic N) is 1. The van der Waals surface area contributed by atoms with Gasteiger partial charge in [-0.3, -0.25) is 4.79 Å². The number of ether oxygens (including phenoxy) is 3. The minimum Gasteiger partial charge on any atom is -0.497 e. The highest BCUT2D eigenvalue weighted by Crippen LogP contribution is 2.18. The number of carbonyl (C=O) groups excluding carboxylic acids is 1. The molecule has 0 bridgehead atoms. The second kappa shape index (κ2) is 14.0. The number of methoxy groups -OCH3 is 1. The summed E-state index contributed by atoms with van der Waals surface area (Å²) in [5.74, 6) is 1.85. The fraction of sp³-hybridized carbons (Fsp3) is 0.417. The van der Waals surface area contributed by atoms with Crippen molar-refractivity contribution in [2.45, 2.75) is 45.4 Å². The molecule has 2 aromatic carbocycles. The maximum Gasteiger partial charge on any atom is 0.277 e. The molecule has 0 fully saturated rings. The summed E-state index contributed by atoms with van der Waals surface area (Å²) in [5, 5.41) is 3.92. The predicted octanol–water partition coefficient (Wildman–Crippen LogP) is 4.96. The van der Waals surface area contributed by atoms with E-state index in [1.54, 1.807) is 25.5 Å². The third-order valence-corrected chi connectivity index (χ3v) is 4.48. The number of hydrogen-bond donors (Lipinski definition) is 1. The van der Waals surface area contributed by atoms with Gasteiger partial charge in [-0.15, -0.1) is 0 Å². The van der Waals surface area contributed by atoms with Crippen LogP contribution in [0.1, 0.15) is 51.0 Å². The molecule has 0 saturated heterocycles. The Hall–Kier alpha value is -3.02. The van der Waals surface area contributed by atoms with Crippen LogP contribution in [0.15, 0.2) is 53.6 Å². The molecule has 0 aliphatic heterocycles. The quantitative estimate of drug-likeness (QED) is 0.270. The molecule has 0 aromatic heterocycles. The van der Waals surface area contributed by atoms with Crippen molar-refractivity contribution in [1.82, 2.24) is 5.43 Å². The van der Waals surface area contributed by atoms with Crippen LogP contribution in [0.25, 0.3) is 0 Å². The number of nitrogens with one attached hydrogen (secondary N) is 1. The van der Waals surface area contributed by atoms with E-state index in [4.69, 9.17) is 14.2 Å². The number of hydrazone groups is 1. The van der Waals surface area contributed by atoms with Gasteiger partial charge in [-0.1, -0.05) is 39.0 Å². The molecule has 0 radical (unpaired) electrons. The normalized spacial score (nSPS) is 10.7. The molecule has 0 saturated carbocycles. The Balaban J connectivity index is 1.61. The third-order valence-electron chi connectivity index (χ3n) is 4.48. The van der Waals surface area contributed by atoms with Crippen molar-refractivity contribution in [1.29, 1.82) is 0 Å². The lowest BCUT2D eigenvalue weighted by atomic mass is 10.1. The van der Waals surface area contributed by atoms with E-state index in [2.05, 4.69) is 17.5 Å². The van der Waals surface area contributed by atoms with Crippen LogP contribution >= 0.6 is 0 Å². The third kappa shape index (κ3) is 9.45. The van der Waals surface area contributed by atoms with Crippen LogP contribution in [0.4, 0.5) is 0 Å². The first kappa shape index (κ1) is 23.3. The lowest BCUT2D eigenvalue weighted by molar-refractivity contribution is -0.123. The van der Waals surface area contributed by atoms with Crippen LogP contribution in [0, 0.1) is 0 Å². The smallest absolute Gasteiger partial charge is 0.277 e. The first-order chi connectivity index (χ1) is 14.7. The molecule has 30 heavy (non-hydrogen) atoms. The van der Waals surface area contributed by atoms with E-state index in [-0.39, 0.29) is 12.5 Å². The minimum absolute atomic E-state index is 0.113. The fourth-order valence-electron chi connectivity index (χ4n) is 2.75. The summed E-state index contributed by atoms with van der Waals surface area (Å²) in [6.07, 6.45) is 9.00. The van der Waals surface area contributed by atoms with E-state index in [0.29, 0.717) is 5.75 Å². The summed E-state index contributed by atoms with van der Waals surface area (Å²) in [6.45, 7) is 2.83. The van der Waals surface area contributed by atoms with Gasteiger partial charge in [-0.05, 0) is 60.5 Å². The molecule has 0 spiro atoms. The zero-order valence-electron chi connectivity index (χ0n) is 17.9. The van der Waals surface area contributed by atoms with Crippen molar-refractivity contribution in [3.8, 4) is 17.2 Å². The molecule has 0 aliphatic rings. The highest BCUT2D eigenvalue weighted by Gasteiger charge is 2.02. The molecule has 2 aromatic rings. The molecule has 1 amide bonds. The fourth-order valence-corrected chi connectivity index (χ4v) is 2.75. The van der Waals surface area contributed by atoms with Crippen LogP contribution < -0.4 is 19.6 Å². The van der Waals surface area contributed by atoms with Crippen LogP contribution in [0.5, 0.6) is 17.2 Å². The Morgan fingerprint density at radius 2 is 1.47 bits per heavy atom. The van der Waals surface area contributed by atoms with Gasteiger partial charge in [0.1, 0.15) is 17.2 Å². The van der Waals surface area contributed by atoms with Gasteiger partial charge in [0.2, 0.25) is 0 Å². The molecule has 0 atom stereocenters. The number of rotatable bonds is 14. The van der Waals surface area contributed by atoms with Crippen LogP contribution in [0.3, 0.4) is 0 Å². The summed E-state index contributed by atoms with van der Waals surface area (Å²) in [7, 11) is 1.61. The van der Waals surface area contributed by atoms with Gasteiger partial charge >= 0.3 is 0 Å². The first-order valence-electron chi connectivity index (χ1n) is 10.5. The van der Waals surface area contributed by atoms with Gasteiger partial charge in [-0.25, -0.2) is 5.43 Å². The topological polar surface area (TPSA) is 69.2 Å². The van der Waals surface area contributed by atoms with E-state index in [1.807, 2.05) is 36.4 Å². The highest BCUT2D eigenvalue weighted by molar-refractivity contribution is 5.83. The maximum atomic E-state index is 11.8. The highest BCUT2D eigenvalue weighted by atomic mass is 16.5. The molecular formula is C24H32N2O4. The number of benzene rings is 2. The standard InChI is InChI=1S/C24H32N2O4/c1-3-4-5-6-7-8-17-29-22-13-15-23(16-14-22)30-19-24(27)26-25-18-20-9-11-21(28-2)12-10-20/h9-16,18H,3-8,17,19H2,1-2H3,(H,26,27)/b25-18+. The van der Waals surface area contributed by atoms with E-state index in [1.165, 1.54) is 32.1 Å². The van der Waals surface area contributed by atoms with Gasteiger partial charge in [0.15, 0.2) is 6.61 Å². The SMILES string of the molecule is CCCCCCCCOc1ccc(OCC(=O)N/N=C/c2ccc(OC)cc2)cc1. The van der Waals surface area contributed by atoms with Gasteiger partial charge in [0.25, 0.3) is 5.91 Å². The molecule has 1 N–H and O–H groups in total. The summed E-state index contributed by atoms with van der Waals surface area (Å²) >= 11 is 0. The van der Waals surface area contributed by atoms with E-state index < -0.39 is 0 Å². The molecule has 6 nitrogen and oxygen atoms in total. The summed E-state index contributed by atoms with van der Waals surface area (Å²) in [4.78, 5) is 11.8. The molecule has 2 rings (SSSR count). The zero-order chi connectivity index (χ0) is 21.4. The lowest BCUT2D eigenvalue weighted by Gasteiger charge is -2.08. The predicted molar refractivity (Wildman–Crippen MR) is 120 cm³/mol. The average Bonchev–Trinajstić information content (AvgIpc) is 2.78. The molecule has 162 valence electrons. The van der Waals surface area contributed by atoms with Crippen LogP contribution in [-0.4, -0.2) is 32.4 Å². The average molecular weight is 413 g/mol. The maximum absolute atomic E-state index is 11.8. The molecule has 0 heterocycles. The summed E-state index contributed by atoms with van der Waals surface area (Å²) in [5.41, 5.74) is 3.30. The van der Waals surface area contributed by atoms with Crippen LogP contribution in [0.2, 0.25) is 0 Å². The monoisotopic (exact) mass is 412 g/mol. The van der Waals surface area contributed by atoms with Crippen molar-refractivity contribution < 1.29 is 19.0 Å². The van der Waals surface area contributed by atoms with Crippen molar-refractivity contribution in [2.24, 2.45) is 5.10 Å². The molecule has 0 unspecified atom stereocenters. The van der Waals surface area contributed by atoms with Gasteiger partial charge in [0, 0.05) is 0 Å². The zero-order valence-corrected chi connectivity index (χ0v) is 17.9. The van der Waals surface area contributed by atoms with Crippen molar-refractivity contribution in [3.05, 3.63) is 54.1 Å². The Bertz CT molecular complexity index is 758. The van der Waals surface area contributed by atoms with Crippen molar-refractivity contribution in [2.75, 3.05) is 20.3 Å². The van der Waals surface area contributed by atoms with Crippen LogP contribution in [-0.2, 0) is 4.79 Å². The summed E-state index contributed by atoms with van der Waals surface area (Å²) < 4.78 is 16.3. The number of hydrogen-bond acceptors (Lipinski definition) is 5. The largest absolute Gasteiger partial charge is 0.497 e. The molecule has 0 aliphatic carbocycles. The molecule has 6 heteroatoms. The van der Waals surface area contributed by atoms with Crippen molar-refractivity contribution >= 4 is 12.1 Å². The number of amides is 1. The Labute approximate surface area is 179 Å². The van der Waals surface area contributed by atoms with Gasteiger partial charge < -0.3 is 14.2 Å². The number of unbranched alkanes of at least 4 members (excludes halogenated alkanes) is 5. The lowest BCUT2D eigenvalue weighted by Crippen LogP contribution is -2.24. The minimum atomic E-state index is -0.330.